The molecule has 10 heavy (non-hydrogen) atoms. The lowest BCUT2D eigenvalue weighted by molar-refractivity contribution is 0.102. The zero-order chi connectivity index (χ0) is 7.35. The first-order chi connectivity index (χ1) is 4.62. The van der Waals surface area contributed by atoms with E-state index in [1.54, 1.807) is 4.90 Å². The van der Waals surface area contributed by atoms with Crippen LogP contribution in [0.15, 0.2) is 0 Å². The van der Waals surface area contributed by atoms with Gasteiger partial charge in [0.15, 0.2) is 0 Å². The molecule has 1 saturated carbocycles. The summed E-state index contributed by atoms with van der Waals surface area (Å²) in [5.41, 5.74) is 0.0104. The van der Waals surface area contributed by atoms with E-state index in [4.69, 9.17) is 5.11 Å². The van der Waals surface area contributed by atoms with Gasteiger partial charge in [0.05, 0.1) is 0 Å². The van der Waals surface area contributed by atoms with Gasteiger partial charge in [-0.05, 0) is 25.7 Å². The van der Waals surface area contributed by atoms with Gasteiger partial charge in [-0.25, -0.2) is 4.79 Å². The SMILES string of the molecule is CC12CC(CN1C(=O)O)C2. The molecule has 3 heteroatoms. The molecule has 2 saturated heterocycles. The second-order valence-corrected chi connectivity index (χ2v) is 3.66. The zero-order valence-corrected chi connectivity index (χ0v) is 6.00. The number of hydrogen-bond acceptors (Lipinski definition) is 1. The minimum absolute atomic E-state index is 0.0104. The zero-order valence-electron chi connectivity index (χ0n) is 6.00. The summed E-state index contributed by atoms with van der Waals surface area (Å²) < 4.78 is 0. The van der Waals surface area contributed by atoms with Crippen LogP contribution in [0.1, 0.15) is 19.8 Å². The number of rotatable bonds is 0. The van der Waals surface area contributed by atoms with Crippen LogP contribution in [0.25, 0.3) is 0 Å². The predicted molar refractivity (Wildman–Crippen MR) is 35.9 cm³/mol. The summed E-state index contributed by atoms with van der Waals surface area (Å²) in [4.78, 5) is 12.2. The van der Waals surface area contributed by atoms with E-state index < -0.39 is 6.09 Å². The maximum absolute atomic E-state index is 10.6. The smallest absolute Gasteiger partial charge is 0.407 e. The average Bonchev–Trinajstić information content (AvgIpc) is 2.17. The van der Waals surface area contributed by atoms with Crippen LogP contribution < -0.4 is 0 Å². The first-order valence-corrected chi connectivity index (χ1v) is 3.62. The molecule has 3 nitrogen and oxygen atoms in total. The molecule has 3 fully saturated rings. The Labute approximate surface area is 59.6 Å². The van der Waals surface area contributed by atoms with E-state index in [1.165, 1.54) is 0 Å². The highest BCUT2D eigenvalue weighted by Gasteiger charge is 2.54. The minimum Gasteiger partial charge on any atom is -0.465 e. The van der Waals surface area contributed by atoms with Crippen molar-refractivity contribution in [1.82, 2.24) is 4.90 Å². The Morgan fingerprint density at radius 1 is 1.70 bits per heavy atom. The Hall–Kier alpha value is -0.730. The van der Waals surface area contributed by atoms with Gasteiger partial charge in [0.1, 0.15) is 0 Å². The van der Waals surface area contributed by atoms with Gasteiger partial charge in [-0.1, -0.05) is 0 Å². The number of carbonyl (C=O) groups is 1. The molecule has 56 valence electrons. The molecule has 2 bridgehead atoms. The molecular weight excluding hydrogens is 130 g/mol. The predicted octanol–water partition coefficient (Wildman–Crippen LogP) is 1.15. The summed E-state index contributed by atoms with van der Waals surface area (Å²) in [5.74, 6) is 0.668. The summed E-state index contributed by atoms with van der Waals surface area (Å²) in [6.07, 6.45) is 1.42. The lowest BCUT2D eigenvalue weighted by Gasteiger charge is -2.37. The van der Waals surface area contributed by atoms with Gasteiger partial charge in [0.2, 0.25) is 0 Å². The van der Waals surface area contributed by atoms with E-state index in [0.717, 1.165) is 19.4 Å². The molecule has 0 radical (unpaired) electrons. The topological polar surface area (TPSA) is 40.5 Å². The molecule has 2 heterocycles. The highest BCUT2D eigenvalue weighted by Crippen LogP contribution is 2.49. The summed E-state index contributed by atoms with van der Waals surface area (Å²) in [5, 5.41) is 8.70. The van der Waals surface area contributed by atoms with Gasteiger partial charge in [-0.15, -0.1) is 0 Å². The highest BCUT2D eigenvalue weighted by atomic mass is 16.4. The van der Waals surface area contributed by atoms with Gasteiger partial charge in [-0.2, -0.15) is 0 Å². The van der Waals surface area contributed by atoms with Crippen molar-refractivity contribution in [2.45, 2.75) is 25.3 Å². The van der Waals surface area contributed by atoms with Gasteiger partial charge >= 0.3 is 6.09 Å². The Kier molecular flexibility index (Phi) is 0.881. The van der Waals surface area contributed by atoms with Crippen molar-refractivity contribution in [2.24, 2.45) is 5.92 Å². The second kappa shape index (κ2) is 1.47. The fraction of sp³-hybridized carbons (Fsp3) is 0.857. The van der Waals surface area contributed by atoms with Crippen LogP contribution in [0.4, 0.5) is 4.79 Å². The van der Waals surface area contributed by atoms with E-state index >= 15 is 0 Å². The Bertz CT molecular complexity index is 184. The molecule has 0 unspecified atom stereocenters. The summed E-state index contributed by atoms with van der Waals surface area (Å²) in [6.45, 7) is 2.80. The van der Waals surface area contributed by atoms with Gasteiger partial charge in [-0.3, -0.25) is 0 Å². The number of fused-ring (bicyclic) bond motifs is 1. The van der Waals surface area contributed by atoms with Crippen molar-refractivity contribution in [3.8, 4) is 0 Å². The van der Waals surface area contributed by atoms with Crippen LogP contribution in [-0.2, 0) is 0 Å². The van der Waals surface area contributed by atoms with Crippen molar-refractivity contribution in [3.05, 3.63) is 0 Å². The lowest BCUT2D eigenvalue weighted by Crippen LogP contribution is -2.44. The quantitative estimate of drug-likeness (QED) is 0.549. The third kappa shape index (κ3) is 0.528. The number of hydrogen-bond donors (Lipinski definition) is 1. The highest BCUT2D eigenvalue weighted by molar-refractivity contribution is 5.67. The van der Waals surface area contributed by atoms with E-state index in [9.17, 15) is 4.79 Å². The minimum atomic E-state index is -0.748. The van der Waals surface area contributed by atoms with Crippen molar-refractivity contribution >= 4 is 6.09 Å². The van der Waals surface area contributed by atoms with E-state index in [-0.39, 0.29) is 5.54 Å². The first kappa shape index (κ1) is 6.01. The van der Waals surface area contributed by atoms with E-state index in [1.807, 2.05) is 6.92 Å². The van der Waals surface area contributed by atoms with Gasteiger partial charge < -0.3 is 10.0 Å². The maximum Gasteiger partial charge on any atom is 0.407 e. The standard InChI is InChI=1S/C7H11NO2/c1-7-2-5(3-7)4-8(7)6(9)10/h5H,2-4H2,1H3,(H,9,10). The molecule has 1 N–H and O–H groups in total. The third-order valence-corrected chi connectivity index (χ3v) is 2.78. The summed E-state index contributed by atoms with van der Waals surface area (Å²) >= 11 is 0. The number of carboxylic acid groups (broad SMARTS) is 1. The number of nitrogens with zero attached hydrogens (tertiary/aromatic N) is 1. The number of amides is 1. The molecule has 1 aliphatic carbocycles. The summed E-state index contributed by atoms with van der Waals surface area (Å²) in [6, 6.07) is 0. The van der Waals surface area contributed by atoms with E-state index in [0.29, 0.717) is 5.92 Å². The first-order valence-electron chi connectivity index (χ1n) is 3.62. The molecule has 3 rings (SSSR count). The lowest BCUT2D eigenvalue weighted by atomic mass is 9.75. The monoisotopic (exact) mass is 141 g/mol. The van der Waals surface area contributed by atoms with Crippen LogP contribution in [0.3, 0.4) is 0 Å². The van der Waals surface area contributed by atoms with Crippen LogP contribution >= 0.6 is 0 Å². The van der Waals surface area contributed by atoms with E-state index in [2.05, 4.69) is 0 Å². The largest absolute Gasteiger partial charge is 0.465 e. The molecule has 0 spiro atoms. The van der Waals surface area contributed by atoms with Crippen molar-refractivity contribution in [1.29, 1.82) is 0 Å². The molecule has 0 aromatic heterocycles. The van der Waals surface area contributed by atoms with Crippen LogP contribution in [0.2, 0.25) is 0 Å². The van der Waals surface area contributed by atoms with Crippen LogP contribution in [-0.4, -0.2) is 28.2 Å². The molecule has 0 aromatic carbocycles. The molecule has 1 amide bonds. The van der Waals surface area contributed by atoms with Gasteiger partial charge in [0, 0.05) is 12.1 Å². The Morgan fingerprint density at radius 3 is 2.50 bits per heavy atom. The molecule has 3 aliphatic rings. The van der Waals surface area contributed by atoms with Crippen LogP contribution in [0.5, 0.6) is 0 Å². The fourth-order valence-corrected chi connectivity index (χ4v) is 2.32. The van der Waals surface area contributed by atoms with Crippen molar-refractivity contribution < 1.29 is 9.90 Å². The fourth-order valence-electron chi connectivity index (χ4n) is 2.32. The Morgan fingerprint density at radius 2 is 2.30 bits per heavy atom. The summed E-state index contributed by atoms with van der Waals surface area (Å²) in [7, 11) is 0. The second-order valence-electron chi connectivity index (χ2n) is 3.66. The van der Waals surface area contributed by atoms with Crippen LogP contribution in [0, 0.1) is 5.92 Å². The van der Waals surface area contributed by atoms with Gasteiger partial charge in [0.25, 0.3) is 0 Å². The molecule has 2 aliphatic heterocycles. The maximum atomic E-state index is 10.6. The molecule has 0 atom stereocenters. The van der Waals surface area contributed by atoms with Crippen molar-refractivity contribution in [2.75, 3.05) is 6.54 Å². The van der Waals surface area contributed by atoms with Crippen molar-refractivity contribution in [3.63, 3.8) is 0 Å². The normalized spacial score (nSPS) is 43.3. The molecule has 0 aromatic rings. The third-order valence-electron chi connectivity index (χ3n) is 2.78. The average molecular weight is 141 g/mol. The molecular formula is C7H11NO2. The Balaban J connectivity index is 2.19.